The minimum Gasteiger partial charge on any atom is -0.308 e. The van der Waals surface area contributed by atoms with Crippen LogP contribution < -0.4 is 5.32 Å². The van der Waals surface area contributed by atoms with E-state index < -0.39 is 0 Å². The molecule has 1 heterocycles. The van der Waals surface area contributed by atoms with Gasteiger partial charge in [-0.25, -0.2) is 9.18 Å². The number of aryl methyl sites for hydroxylation is 1. The van der Waals surface area contributed by atoms with Crippen LogP contribution in [-0.2, 0) is 6.42 Å². The molecule has 0 unspecified atom stereocenters. The van der Waals surface area contributed by atoms with E-state index in [0.717, 1.165) is 29.0 Å². The first-order valence-electron chi connectivity index (χ1n) is 7.71. The number of halogens is 1. The van der Waals surface area contributed by atoms with Crippen molar-refractivity contribution in [1.82, 2.24) is 4.90 Å². The zero-order chi connectivity index (χ0) is 16.2. The highest BCUT2D eigenvalue weighted by Crippen LogP contribution is 2.38. The van der Waals surface area contributed by atoms with Gasteiger partial charge in [-0.1, -0.05) is 37.3 Å². The largest absolute Gasteiger partial charge is 0.323 e. The van der Waals surface area contributed by atoms with E-state index in [4.69, 9.17) is 0 Å². The molecule has 1 aliphatic rings. The summed E-state index contributed by atoms with van der Waals surface area (Å²) < 4.78 is 13.1. The minimum atomic E-state index is -0.260. The molecule has 5 heteroatoms. The molecule has 23 heavy (non-hydrogen) atoms. The summed E-state index contributed by atoms with van der Waals surface area (Å²) in [6.07, 6.45) is 0.868. The number of nitrogens with zero attached hydrogens (tertiary/aromatic N) is 1. The van der Waals surface area contributed by atoms with Gasteiger partial charge in [0, 0.05) is 18.0 Å². The molecule has 1 atom stereocenters. The van der Waals surface area contributed by atoms with Crippen LogP contribution in [0, 0.1) is 5.82 Å². The number of rotatable bonds is 3. The molecule has 3 rings (SSSR count). The van der Waals surface area contributed by atoms with Crippen LogP contribution in [0.15, 0.2) is 48.5 Å². The molecule has 2 aromatic carbocycles. The van der Waals surface area contributed by atoms with Crippen LogP contribution >= 0.6 is 11.8 Å². The highest BCUT2D eigenvalue weighted by molar-refractivity contribution is 7.99. The zero-order valence-corrected chi connectivity index (χ0v) is 13.8. The first kappa shape index (κ1) is 15.9. The highest BCUT2D eigenvalue weighted by atomic mass is 32.2. The van der Waals surface area contributed by atoms with Gasteiger partial charge in [0.1, 0.15) is 11.2 Å². The van der Waals surface area contributed by atoms with E-state index in [2.05, 4.69) is 12.2 Å². The lowest BCUT2D eigenvalue weighted by Gasteiger charge is -2.25. The van der Waals surface area contributed by atoms with Gasteiger partial charge in [0.25, 0.3) is 0 Å². The molecule has 1 fully saturated rings. The third-order valence-corrected chi connectivity index (χ3v) is 5.21. The van der Waals surface area contributed by atoms with E-state index in [0.29, 0.717) is 6.54 Å². The lowest BCUT2D eigenvalue weighted by Crippen LogP contribution is -2.34. The van der Waals surface area contributed by atoms with Crippen LogP contribution in [-0.4, -0.2) is 23.2 Å². The summed E-state index contributed by atoms with van der Waals surface area (Å²) >= 11 is 1.70. The van der Waals surface area contributed by atoms with Gasteiger partial charge in [0.2, 0.25) is 0 Å². The number of anilines is 1. The van der Waals surface area contributed by atoms with Gasteiger partial charge in [-0.15, -0.1) is 11.8 Å². The average molecular weight is 330 g/mol. The fraction of sp³-hybridized carbons (Fsp3) is 0.278. The Bertz CT molecular complexity index is 690. The van der Waals surface area contributed by atoms with Gasteiger partial charge in [0.15, 0.2) is 0 Å². The smallest absolute Gasteiger partial charge is 0.308 e. The van der Waals surface area contributed by atoms with E-state index in [-0.39, 0.29) is 17.2 Å². The summed E-state index contributed by atoms with van der Waals surface area (Å²) in [6, 6.07) is 14.1. The summed E-state index contributed by atoms with van der Waals surface area (Å²) in [4.78, 5) is 14.5. The molecule has 1 saturated heterocycles. The molecule has 1 N–H and O–H groups in total. The quantitative estimate of drug-likeness (QED) is 0.887. The standard InChI is InChI=1S/C18H19FN2OS/c1-2-13-5-3-4-6-16(13)20-18(22)21-11-12-23-17(21)14-7-9-15(19)10-8-14/h3-10,17H,2,11-12H2,1H3,(H,20,22)/t17-/m0/s1. The highest BCUT2D eigenvalue weighted by Gasteiger charge is 2.30. The fourth-order valence-electron chi connectivity index (χ4n) is 2.72. The van der Waals surface area contributed by atoms with Gasteiger partial charge in [-0.05, 0) is 35.7 Å². The Kier molecular flexibility index (Phi) is 4.86. The molecular weight excluding hydrogens is 311 g/mol. The predicted molar refractivity (Wildman–Crippen MR) is 93.1 cm³/mol. The van der Waals surface area contributed by atoms with Crippen LogP contribution in [0.5, 0.6) is 0 Å². The second-order valence-corrected chi connectivity index (χ2v) is 6.60. The monoisotopic (exact) mass is 330 g/mol. The normalized spacial score (nSPS) is 17.3. The maximum Gasteiger partial charge on any atom is 0.323 e. The van der Waals surface area contributed by atoms with Crippen LogP contribution in [0.2, 0.25) is 0 Å². The Morgan fingerprint density at radius 3 is 2.74 bits per heavy atom. The summed E-state index contributed by atoms with van der Waals surface area (Å²) in [5.74, 6) is 0.620. The Morgan fingerprint density at radius 2 is 2.00 bits per heavy atom. The number of nitrogens with one attached hydrogen (secondary N) is 1. The number of thioether (sulfide) groups is 1. The maximum absolute atomic E-state index is 13.1. The third kappa shape index (κ3) is 3.50. The molecule has 0 aromatic heterocycles. The Balaban J connectivity index is 1.77. The molecule has 3 nitrogen and oxygen atoms in total. The number of benzene rings is 2. The molecule has 1 aliphatic heterocycles. The van der Waals surface area contributed by atoms with Crippen molar-refractivity contribution in [3.8, 4) is 0 Å². The number of urea groups is 1. The Hall–Kier alpha value is -2.01. The summed E-state index contributed by atoms with van der Waals surface area (Å²) in [7, 11) is 0. The first-order chi connectivity index (χ1) is 11.2. The molecule has 2 aromatic rings. The lowest BCUT2D eigenvalue weighted by molar-refractivity contribution is 0.214. The topological polar surface area (TPSA) is 32.3 Å². The molecule has 0 aliphatic carbocycles. The Morgan fingerprint density at radius 1 is 1.26 bits per heavy atom. The van der Waals surface area contributed by atoms with E-state index in [1.807, 2.05) is 29.2 Å². The summed E-state index contributed by atoms with van der Waals surface area (Å²) in [5.41, 5.74) is 2.92. The molecule has 0 spiro atoms. The number of amides is 2. The van der Waals surface area contributed by atoms with Crippen molar-refractivity contribution < 1.29 is 9.18 Å². The second-order valence-electron chi connectivity index (χ2n) is 5.41. The summed E-state index contributed by atoms with van der Waals surface area (Å²) in [6.45, 7) is 2.75. The van der Waals surface area contributed by atoms with Crippen molar-refractivity contribution >= 4 is 23.5 Å². The molecule has 0 saturated carbocycles. The number of carbonyl (C=O) groups excluding carboxylic acids is 1. The molecule has 2 amide bonds. The number of carbonyl (C=O) groups is 1. The summed E-state index contributed by atoms with van der Waals surface area (Å²) in [5, 5.41) is 2.95. The fourth-order valence-corrected chi connectivity index (χ4v) is 3.98. The van der Waals surface area contributed by atoms with Crippen LogP contribution in [0.4, 0.5) is 14.9 Å². The average Bonchev–Trinajstić information content (AvgIpc) is 3.06. The zero-order valence-electron chi connectivity index (χ0n) is 13.0. The SMILES string of the molecule is CCc1ccccc1NC(=O)N1CCS[C@H]1c1ccc(F)cc1. The van der Waals surface area contributed by atoms with Crippen molar-refractivity contribution in [2.24, 2.45) is 0 Å². The van der Waals surface area contributed by atoms with Gasteiger partial charge in [0.05, 0.1) is 0 Å². The number of hydrogen-bond donors (Lipinski definition) is 1. The maximum atomic E-state index is 13.1. The van der Waals surface area contributed by atoms with Gasteiger partial charge in [-0.3, -0.25) is 0 Å². The van der Waals surface area contributed by atoms with Crippen LogP contribution in [0.25, 0.3) is 0 Å². The van der Waals surface area contributed by atoms with Gasteiger partial charge < -0.3 is 10.2 Å². The van der Waals surface area contributed by atoms with Crippen LogP contribution in [0.1, 0.15) is 23.4 Å². The van der Waals surface area contributed by atoms with Gasteiger partial charge >= 0.3 is 6.03 Å². The lowest BCUT2D eigenvalue weighted by atomic mass is 10.1. The van der Waals surface area contributed by atoms with Crippen molar-refractivity contribution in [2.75, 3.05) is 17.6 Å². The van der Waals surface area contributed by atoms with E-state index in [1.165, 1.54) is 12.1 Å². The number of para-hydroxylation sites is 1. The van der Waals surface area contributed by atoms with E-state index in [9.17, 15) is 9.18 Å². The molecule has 120 valence electrons. The van der Waals surface area contributed by atoms with Gasteiger partial charge in [-0.2, -0.15) is 0 Å². The third-order valence-electron chi connectivity index (χ3n) is 3.95. The first-order valence-corrected chi connectivity index (χ1v) is 8.76. The minimum absolute atomic E-state index is 0.0654. The van der Waals surface area contributed by atoms with Crippen molar-refractivity contribution in [3.63, 3.8) is 0 Å². The van der Waals surface area contributed by atoms with Crippen molar-refractivity contribution in [2.45, 2.75) is 18.7 Å². The molecule has 0 radical (unpaired) electrons. The molecule has 0 bridgehead atoms. The molecular formula is C18H19FN2OS. The Labute approximate surface area is 139 Å². The second kappa shape index (κ2) is 7.04. The number of hydrogen-bond acceptors (Lipinski definition) is 2. The van der Waals surface area contributed by atoms with Crippen LogP contribution in [0.3, 0.4) is 0 Å². The van der Waals surface area contributed by atoms with Crippen molar-refractivity contribution in [3.05, 3.63) is 65.5 Å². The van der Waals surface area contributed by atoms with Crippen molar-refractivity contribution in [1.29, 1.82) is 0 Å². The van der Waals surface area contributed by atoms with E-state index in [1.54, 1.807) is 23.9 Å². The van der Waals surface area contributed by atoms with E-state index >= 15 is 0 Å². The predicted octanol–water partition coefficient (Wildman–Crippen LogP) is 4.67.